The van der Waals surface area contributed by atoms with E-state index in [1.54, 1.807) is 12.3 Å². The number of rotatable bonds is 3. The number of allylic oxidation sites excluding steroid dienone is 2. The van der Waals surface area contributed by atoms with Gasteiger partial charge in [-0.15, -0.1) is 0 Å². The van der Waals surface area contributed by atoms with E-state index in [1.807, 2.05) is 10.6 Å². The van der Waals surface area contributed by atoms with Crippen LogP contribution in [-0.4, -0.2) is 39.9 Å². The Labute approximate surface area is 155 Å². The van der Waals surface area contributed by atoms with Crippen LogP contribution in [0, 0.1) is 17.7 Å². The normalized spacial score (nSPS) is 18.7. The van der Waals surface area contributed by atoms with Gasteiger partial charge in [0.1, 0.15) is 22.9 Å². The lowest BCUT2D eigenvalue weighted by molar-refractivity contribution is 0.0274. The average Bonchev–Trinajstić information content (AvgIpc) is 2.89. The van der Waals surface area contributed by atoms with Crippen LogP contribution in [0.1, 0.15) is 41.0 Å². The van der Waals surface area contributed by atoms with Gasteiger partial charge in [-0.05, 0) is 36.6 Å². The Morgan fingerprint density at radius 3 is 2.93 bits per heavy atom. The Kier molecular flexibility index (Phi) is 3.91. The monoisotopic (exact) mass is 367 g/mol. The van der Waals surface area contributed by atoms with Crippen LogP contribution >= 0.6 is 0 Å². The third kappa shape index (κ3) is 2.93. The number of carbonyl (C=O) groups is 1. The summed E-state index contributed by atoms with van der Waals surface area (Å²) in [4.78, 5) is 15.9. The van der Waals surface area contributed by atoms with E-state index < -0.39 is 17.3 Å². The van der Waals surface area contributed by atoms with E-state index in [0.717, 1.165) is 17.6 Å². The SMILES string of the molecule is COC[C@@](C)(O)C#Cc1cc2c(cc1F)C1=CC(C1)n1cc(C(N)=O)nc1-2. The summed E-state index contributed by atoms with van der Waals surface area (Å²) in [6.45, 7) is 1.50. The summed E-state index contributed by atoms with van der Waals surface area (Å²) in [5.41, 5.74) is 6.73. The van der Waals surface area contributed by atoms with Crippen molar-refractivity contribution in [2.24, 2.45) is 5.73 Å². The maximum Gasteiger partial charge on any atom is 0.268 e. The molecule has 7 heteroatoms. The fraction of sp³-hybridized carbons (Fsp3) is 0.300. The molecule has 2 bridgehead atoms. The lowest BCUT2D eigenvalue weighted by atomic mass is 9.86. The number of halogens is 1. The third-order valence-electron chi connectivity index (χ3n) is 4.75. The predicted molar refractivity (Wildman–Crippen MR) is 97.1 cm³/mol. The van der Waals surface area contributed by atoms with Crippen molar-refractivity contribution in [2.75, 3.05) is 13.7 Å². The van der Waals surface area contributed by atoms with Crippen molar-refractivity contribution in [1.82, 2.24) is 9.55 Å². The number of nitrogens with two attached hydrogens (primary N) is 1. The van der Waals surface area contributed by atoms with Crippen molar-refractivity contribution in [3.63, 3.8) is 0 Å². The minimum Gasteiger partial charge on any atom is -0.381 e. The molecule has 27 heavy (non-hydrogen) atoms. The number of nitrogens with zero attached hydrogens (tertiary/aromatic N) is 2. The minimum atomic E-state index is -1.39. The first-order chi connectivity index (χ1) is 12.8. The fourth-order valence-electron chi connectivity index (χ4n) is 3.41. The average molecular weight is 367 g/mol. The molecule has 0 radical (unpaired) electrons. The van der Waals surface area contributed by atoms with Gasteiger partial charge in [-0.3, -0.25) is 4.79 Å². The molecule has 1 amide bonds. The second-order valence-corrected chi connectivity index (χ2v) is 7.02. The summed E-state index contributed by atoms with van der Waals surface area (Å²) >= 11 is 0. The van der Waals surface area contributed by atoms with E-state index in [-0.39, 0.29) is 23.9 Å². The quantitative estimate of drug-likeness (QED) is 0.811. The molecule has 2 aliphatic heterocycles. The number of methoxy groups -OCH3 is 1. The Balaban J connectivity index is 1.85. The Morgan fingerprint density at radius 2 is 2.26 bits per heavy atom. The zero-order valence-corrected chi connectivity index (χ0v) is 14.9. The van der Waals surface area contributed by atoms with E-state index in [4.69, 9.17) is 10.5 Å². The molecular formula is C20H18FN3O3. The van der Waals surface area contributed by atoms with E-state index in [1.165, 1.54) is 20.1 Å². The Hall–Kier alpha value is -2.95. The Morgan fingerprint density at radius 1 is 1.52 bits per heavy atom. The van der Waals surface area contributed by atoms with Gasteiger partial charge in [0, 0.05) is 18.9 Å². The van der Waals surface area contributed by atoms with Gasteiger partial charge < -0.3 is 20.1 Å². The first-order valence-electron chi connectivity index (χ1n) is 8.47. The molecule has 2 aromatic rings. The lowest BCUT2D eigenvalue weighted by Gasteiger charge is -2.24. The van der Waals surface area contributed by atoms with Crippen molar-refractivity contribution in [3.05, 3.63) is 47.0 Å². The van der Waals surface area contributed by atoms with Crippen LogP contribution in [0.4, 0.5) is 4.39 Å². The number of hydrogen-bond donors (Lipinski definition) is 2. The second-order valence-electron chi connectivity index (χ2n) is 7.02. The lowest BCUT2D eigenvalue weighted by Crippen LogP contribution is -2.27. The molecule has 3 heterocycles. The number of imidazole rings is 1. The molecule has 1 unspecified atom stereocenters. The van der Waals surface area contributed by atoms with Crippen molar-refractivity contribution >= 4 is 11.5 Å². The number of ether oxygens (including phenoxy) is 1. The highest BCUT2D eigenvalue weighted by Crippen LogP contribution is 2.47. The van der Waals surface area contributed by atoms with Crippen molar-refractivity contribution in [1.29, 1.82) is 0 Å². The van der Waals surface area contributed by atoms with E-state index in [9.17, 15) is 14.3 Å². The van der Waals surface area contributed by atoms with Crippen LogP contribution in [0.2, 0.25) is 0 Å². The van der Waals surface area contributed by atoms with Gasteiger partial charge >= 0.3 is 0 Å². The highest BCUT2D eigenvalue weighted by Gasteiger charge is 2.33. The molecule has 5 rings (SSSR count). The summed E-state index contributed by atoms with van der Waals surface area (Å²) in [6, 6.07) is 3.11. The highest BCUT2D eigenvalue weighted by molar-refractivity contribution is 5.92. The summed E-state index contributed by atoms with van der Waals surface area (Å²) in [6.07, 6.45) is 4.39. The number of aromatic nitrogens is 2. The van der Waals surface area contributed by atoms with Crippen LogP contribution in [0.5, 0.6) is 0 Å². The first kappa shape index (κ1) is 17.5. The smallest absolute Gasteiger partial charge is 0.268 e. The van der Waals surface area contributed by atoms with Crippen molar-refractivity contribution in [3.8, 4) is 23.2 Å². The molecule has 3 N–H and O–H groups in total. The molecule has 3 aliphatic rings. The second kappa shape index (κ2) is 6.05. The largest absolute Gasteiger partial charge is 0.381 e. The number of hydrogen-bond acceptors (Lipinski definition) is 4. The van der Waals surface area contributed by atoms with Crippen LogP contribution in [0.3, 0.4) is 0 Å². The molecule has 0 spiro atoms. The molecule has 1 aromatic carbocycles. The van der Waals surface area contributed by atoms with Crippen molar-refractivity contribution in [2.45, 2.75) is 25.0 Å². The maximum absolute atomic E-state index is 14.6. The van der Waals surface area contributed by atoms with Crippen LogP contribution in [-0.2, 0) is 4.74 Å². The zero-order chi connectivity index (χ0) is 19.3. The Bertz CT molecular complexity index is 1060. The van der Waals surface area contributed by atoms with Gasteiger partial charge in [-0.1, -0.05) is 17.9 Å². The fourth-order valence-corrected chi connectivity index (χ4v) is 3.41. The summed E-state index contributed by atoms with van der Waals surface area (Å²) in [5.74, 6) is 4.79. The standard InChI is InChI=1S/C20H18FN3O3/c1-20(26,10-27-2)4-3-11-7-15-14(8-16(11)21)12-5-13(6-12)24-9-17(18(22)25)23-19(15)24/h5,7-9,13,26H,6,10H2,1-2H3,(H2,22,25)/t13?,20-/m0/s1. The molecule has 1 aliphatic carbocycles. The van der Waals surface area contributed by atoms with Crippen molar-refractivity contribution < 1.29 is 19.0 Å². The number of amides is 1. The highest BCUT2D eigenvalue weighted by atomic mass is 19.1. The number of primary amides is 1. The van der Waals surface area contributed by atoms with Gasteiger partial charge in [-0.25, -0.2) is 9.37 Å². The van der Waals surface area contributed by atoms with Gasteiger partial charge in [0.05, 0.1) is 18.2 Å². The van der Waals surface area contributed by atoms with Crippen LogP contribution in [0.25, 0.3) is 17.0 Å². The number of benzene rings is 1. The molecule has 0 saturated carbocycles. The number of aliphatic hydroxyl groups is 1. The van der Waals surface area contributed by atoms with Gasteiger partial charge in [0.25, 0.3) is 5.91 Å². The summed E-state index contributed by atoms with van der Waals surface area (Å²) < 4.78 is 21.4. The van der Waals surface area contributed by atoms with Gasteiger partial charge in [0.2, 0.25) is 0 Å². The van der Waals surface area contributed by atoms with E-state index >= 15 is 0 Å². The minimum absolute atomic E-state index is 0.00744. The third-order valence-corrected chi connectivity index (χ3v) is 4.75. The molecule has 2 atom stereocenters. The van der Waals surface area contributed by atoms with E-state index in [0.29, 0.717) is 11.4 Å². The van der Waals surface area contributed by atoms with Gasteiger partial charge in [-0.2, -0.15) is 0 Å². The summed E-state index contributed by atoms with van der Waals surface area (Å²) in [7, 11) is 1.45. The first-order valence-corrected chi connectivity index (χ1v) is 8.47. The predicted octanol–water partition coefficient (Wildman–Crippen LogP) is 1.88. The maximum atomic E-state index is 14.6. The van der Waals surface area contributed by atoms with Crippen LogP contribution < -0.4 is 5.73 Å². The molecule has 138 valence electrons. The molecule has 0 fully saturated rings. The summed E-state index contributed by atoms with van der Waals surface area (Å²) in [5, 5.41) is 10.1. The number of carbonyl (C=O) groups excluding carboxylic acids is 1. The molecule has 0 saturated heterocycles. The van der Waals surface area contributed by atoms with Crippen LogP contribution in [0.15, 0.2) is 24.4 Å². The molecule has 1 aromatic heterocycles. The van der Waals surface area contributed by atoms with Gasteiger partial charge in [0.15, 0.2) is 0 Å². The topological polar surface area (TPSA) is 90.4 Å². The molecule has 6 nitrogen and oxygen atoms in total. The molecular weight excluding hydrogens is 349 g/mol. The van der Waals surface area contributed by atoms with E-state index in [2.05, 4.69) is 16.8 Å². The zero-order valence-electron chi connectivity index (χ0n) is 14.9.